The summed E-state index contributed by atoms with van der Waals surface area (Å²) < 4.78 is 5.74. The second kappa shape index (κ2) is 6.80. The van der Waals surface area contributed by atoms with Crippen LogP contribution in [0.1, 0.15) is 27.7 Å². The Morgan fingerprint density at radius 1 is 1.19 bits per heavy atom. The van der Waals surface area contributed by atoms with E-state index in [1.165, 1.54) is 0 Å². The normalized spacial score (nSPS) is 22.2. The number of hydrogen-bond acceptors (Lipinski definition) is 3. The quantitative estimate of drug-likeness (QED) is 0.900. The van der Waals surface area contributed by atoms with Crippen LogP contribution < -0.4 is 15.5 Å². The fourth-order valence-corrected chi connectivity index (χ4v) is 2.57. The topological polar surface area (TPSA) is 53.6 Å². The molecule has 1 aliphatic heterocycles. The monoisotopic (exact) mass is 291 g/mol. The molecule has 1 fully saturated rings. The second-order valence-corrected chi connectivity index (χ2v) is 5.96. The van der Waals surface area contributed by atoms with Gasteiger partial charge in [-0.1, -0.05) is 0 Å². The Morgan fingerprint density at radius 2 is 1.76 bits per heavy atom. The molecule has 0 bridgehead atoms. The van der Waals surface area contributed by atoms with Gasteiger partial charge in [0.1, 0.15) is 0 Å². The fourth-order valence-electron chi connectivity index (χ4n) is 2.57. The van der Waals surface area contributed by atoms with E-state index in [4.69, 9.17) is 4.74 Å². The molecular formula is C16H25N3O2. The van der Waals surface area contributed by atoms with E-state index in [0.29, 0.717) is 0 Å². The average molecular weight is 291 g/mol. The minimum atomic E-state index is -0.175. The number of hydrogen-bond donors (Lipinski definition) is 2. The summed E-state index contributed by atoms with van der Waals surface area (Å²) in [5.41, 5.74) is 1.96. The number of morpholine rings is 1. The van der Waals surface area contributed by atoms with Crippen LogP contribution in [0.2, 0.25) is 0 Å². The lowest BCUT2D eigenvalue weighted by Gasteiger charge is -2.36. The van der Waals surface area contributed by atoms with E-state index in [1.807, 2.05) is 38.1 Å². The van der Waals surface area contributed by atoms with Crippen molar-refractivity contribution < 1.29 is 9.53 Å². The van der Waals surface area contributed by atoms with Crippen molar-refractivity contribution in [3.8, 4) is 0 Å². The van der Waals surface area contributed by atoms with Gasteiger partial charge in [-0.2, -0.15) is 0 Å². The van der Waals surface area contributed by atoms with Gasteiger partial charge in [0.05, 0.1) is 12.2 Å². The third-order valence-corrected chi connectivity index (χ3v) is 3.33. The van der Waals surface area contributed by atoms with E-state index < -0.39 is 0 Å². The molecule has 2 rings (SSSR count). The molecule has 1 aromatic carbocycles. The number of ether oxygens (including phenoxy) is 1. The molecule has 0 saturated carbocycles. The van der Waals surface area contributed by atoms with Crippen molar-refractivity contribution >= 4 is 17.4 Å². The molecule has 5 heteroatoms. The number of nitrogens with zero attached hydrogens (tertiary/aromatic N) is 1. The van der Waals surface area contributed by atoms with Crippen molar-refractivity contribution in [3.63, 3.8) is 0 Å². The highest BCUT2D eigenvalue weighted by Crippen LogP contribution is 2.22. The summed E-state index contributed by atoms with van der Waals surface area (Å²) in [5, 5.41) is 5.63. The maximum absolute atomic E-state index is 11.6. The first-order chi connectivity index (χ1) is 9.94. The Labute approximate surface area is 126 Å². The van der Waals surface area contributed by atoms with Crippen LogP contribution in [0.3, 0.4) is 0 Å². The molecule has 2 N–H and O–H groups in total. The minimum Gasteiger partial charge on any atom is -0.372 e. The molecule has 1 aromatic rings. The smallest absolute Gasteiger partial charge is 0.319 e. The Kier molecular flexibility index (Phi) is 5.07. The van der Waals surface area contributed by atoms with E-state index >= 15 is 0 Å². The van der Waals surface area contributed by atoms with Crippen LogP contribution in [0, 0.1) is 0 Å². The van der Waals surface area contributed by atoms with Crippen LogP contribution in [0.4, 0.5) is 16.2 Å². The van der Waals surface area contributed by atoms with Crippen LogP contribution in [0.25, 0.3) is 0 Å². The number of carbonyl (C=O) groups excluding carboxylic acids is 1. The minimum absolute atomic E-state index is 0.126. The number of amides is 2. The van der Waals surface area contributed by atoms with Gasteiger partial charge in [0, 0.05) is 30.5 Å². The van der Waals surface area contributed by atoms with Gasteiger partial charge in [0.2, 0.25) is 0 Å². The molecule has 1 saturated heterocycles. The van der Waals surface area contributed by atoms with Gasteiger partial charge in [-0.3, -0.25) is 0 Å². The van der Waals surface area contributed by atoms with Gasteiger partial charge in [0.25, 0.3) is 0 Å². The zero-order chi connectivity index (χ0) is 15.4. The lowest BCUT2D eigenvalue weighted by atomic mass is 10.2. The Bertz CT molecular complexity index is 463. The van der Waals surface area contributed by atoms with Gasteiger partial charge in [0.15, 0.2) is 0 Å². The Hall–Kier alpha value is -1.75. The molecule has 21 heavy (non-hydrogen) atoms. The molecule has 116 valence electrons. The van der Waals surface area contributed by atoms with E-state index in [-0.39, 0.29) is 24.3 Å². The van der Waals surface area contributed by atoms with Crippen molar-refractivity contribution in [2.45, 2.75) is 45.9 Å². The highest BCUT2D eigenvalue weighted by molar-refractivity contribution is 5.89. The third-order valence-electron chi connectivity index (χ3n) is 3.33. The number of rotatable bonds is 3. The van der Waals surface area contributed by atoms with Crippen molar-refractivity contribution in [1.29, 1.82) is 0 Å². The van der Waals surface area contributed by atoms with Crippen LogP contribution in [-0.4, -0.2) is 37.4 Å². The largest absolute Gasteiger partial charge is 0.372 e. The number of nitrogens with one attached hydrogen (secondary N) is 2. The average Bonchev–Trinajstić information content (AvgIpc) is 2.37. The molecule has 0 unspecified atom stereocenters. The molecule has 1 heterocycles. The summed E-state index contributed by atoms with van der Waals surface area (Å²) in [5.74, 6) is 0. The van der Waals surface area contributed by atoms with Crippen molar-refractivity contribution in [1.82, 2.24) is 5.32 Å². The molecule has 0 aromatic heterocycles. The Balaban J connectivity index is 1.97. The van der Waals surface area contributed by atoms with Gasteiger partial charge in [-0.25, -0.2) is 4.79 Å². The van der Waals surface area contributed by atoms with Crippen molar-refractivity contribution in [2.24, 2.45) is 0 Å². The maximum atomic E-state index is 11.6. The number of carbonyl (C=O) groups is 1. The molecule has 0 spiro atoms. The van der Waals surface area contributed by atoms with Crippen LogP contribution in [0.5, 0.6) is 0 Å². The first kappa shape index (κ1) is 15.6. The highest BCUT2D eigenvalue weighted by atomic mass is 16.5. The SMILES string of the molecule is CC(C)NC(=O)Nc1ccc(N2C[C@H](C)O[C@@H](C)C2)cc1. The summed E-state index contributed by atoms with van der Waals surface area (Å²) in [4.78, 5) is 14.0. The lowest BCUT2D eigenvalue weighted by Crippen LogP contribution is -2.45. The van der Waals surface area contributed by atoms with Gasteiger partial charge in [-0.05, 0) is 52.0 Å². The molecular weight excluding hydrogens is 266 g/mol. The molecule has 0 aliphatic carbocycles. The summed E-state index contributed by atoms with van der Waals surface area (Å²) in [6.45, 7) is 9.84. The number of benzene rings is 1. The van der Waals surface area contributed by atoms with Crippen molar-refractivity contribution in [2.75, 3.05) is 23.3 Å². The first-order valence-electron chi connectivity index (χ1n) is 7.52. The second-order valence-electron chi connectivity index (χ2n) is 5.96. The highest BCUT2D eigenvalue weighted by Gasteiger charge is 2.22. The number of urea groups is 1. The van der Waals surface area contributed by atoms with Gasteiger partial charge < -0.3 is 20.3 Å². The molecule has 0 radical (unpaired) electrons. The third kappa shape index (κ3) is 4.63. The van der Waals surface area contributed by atoms with E-state index in [2.05, 4.69) is 29.4 Å². The summed E-state index contributed by atoms with van der Waals surface area (Å²) in [6.07, 6.45) is 0.478. The predicted octanol–water partition coefficient (Wildman–Crippen LogP) is 2.83. The first-order valence-corrected chi connectivity index (χ1v) is 7.52. The standard InChI is InChI=1S/C16H25N3O2/c1-11(2)17-16(20)18-14-5-7-15(8-6-14)19-9-12(3)21-13(4)10-19/h5-8,11-13H,9-10H2,1-4H3,(H2,17,18,20)/t12-,13-/m0/s1. The lowest BCUT2D eigenvalue weighted by molar-refractivity contribution is -0.00521. The molecule has 2 atom stereocenters. The van der Waals surface area contributed by atoms with Gasteiger partial charge >= 0.3 is 6.03 Å². The van der Waals surface area contributed by atoms with E-state index in [0.717, 1.165) is 24.5 Å². The molecule has 5 nitrogen and oxygen atoms in total. The fraction of sp³-hybridized carbons (Fsp3) is 0.562. The molecule has 1 aliphatic rings. The zero-order valence-corrected chi connectivity index (χ0v) is 13.2. The van der Waals surface area contributed by atoms with E-state index in [9.17, 15) is 4.79 Å². The van der Waals surface area contributed by atoms with Crippen LogP contribution in [-0.2, 0) is 4.74 Å². The van der Waals surface area contributed by atoms with Crippen LogP contribution >= 0.6 is 0 Å². The maximum Gasteiger partial charge on any atom is 0.319 e. The van der Waals surface area contributed by atoms with E-state index in [1.54, 1.807) is 0 Å². The summed E-state index contributed by atoms with van der Waals surface area (Å²) in [6, 6.07) is 7.89. The predicted molar refractivity (Wildman–Crippen MR) is 86.0 cm³/mol. The van der Waals surface area contributed by atoms with Crippen LogP contribution in [0.15, 0.2) is 24.3 Å². The van der Waals surface area contributed by atoms with Crippen molar-refractivity contribution in [3.05, 3.63) is 24.3 Å². The summed E-state index contributed by atoms with van der Waals surface area (Å²) in [7, 11) is 0. The molecule has 2 amide bonds. The zero-order valence-electron chi connectivity index (χ0n) is 13.2. The summed E-state index contributed by atoms with van der Waals surface area (Å²) >= 11 is 0. The Morgan fingerprint density at radius 3 is 2.29 bits per heavy atom. The number of anilines is 2. The van der Waals surface area contributed by atoms with Gasteiger partial charge in [-0.15, -0.1) is 0 Å².